The van der Waals surface area contributed by atoms with E-state index in [4.69, 9.17) is 0 Å². The van der Waals surface area contributed by atoms with Gasteiger partial charge in [0.15, 0.2) is 0 Å². The first-order chi connectivity index (χ1) is 15.0. The summed E-state index contributed by atoms with van der Waals surface area (Å²) in [7, 11) is 0. The minimum Gasteiger partial charge on any atom is -0.290 e. The lowest BCUT2D eigenvalue weighted by Gasteiger charge is -2.04. The van der Waals surface area contributed by atoms with Gasteiger partial charge < -0.3 is 0 Å². The van der Waals surface area contributed by atoms with Crippen LogP contribution >= 0.6 is 0 Å². The molecule has 0 aliphatic carbocycles. The quantitative estimate of drug-likeness (QED) is 0.381. The Morgan fingerprint density at radius 2 is 1.55 bits per heavy atom. The number of carbonyl (C=O) groups excluding carboxylic acids is 1. The van der Waals surface area contributed by atoms with E-state index in [0.717, 1.165) is 5.56 Å². The highest BCUT2D eigenvalue weighted by Gasteiger charge is 2.19. The van der Waals surface area contributed by atoms with Crippen LogP contribution in [0.4, 0.5) is 4.39 Å². The first-order valence-corrected chi connectivity index (χ1v) is 9.61. The molecule has 0 bridgehead atoms. The summed E-state index contributed by atoms with van der Waals surface area (Å²) in [4.78, 5) is 25.6. The SMILES string of the molecule is C/C(=N\NC(=O)c1ccccc1)c1c(-c2ccccc2)[nH]n(-c2ccc(F)cc2)c1=O. The van der Waals surface area contributed by atoms with E-state index in [0.29, 0.717) is 28.2 Å². The molecule has 0 unspecified atom stereocenters. The van der Waals surface area contributed by atoms with E-state index in [1.807, 2.05) is 36.4 Å². The average Bonchev–Trinajstić information content (AvgIpc) is 3.16. The van der Waals surface area contributed by atoms with Crippen LogP contribution in [0, 0.1) is 5.82 Å². The van der Waals surface area contributed by atoms with Crippen molar-refractivity contribution in [2.45, 2.75) is 6.92 Å². The molecule has 4 aromatic rings. The van der Waals surface area contributed by atoms with E-state index in [1.165, 1.54) is 28.9 Å². The van der Waals surface area contributed by atoms with Crippen molar-refractivity contribution in [3.05, 3.63) is 112 Å². The summed E-state index contributed by atoms with van der Waals surface area (Å²) >= 11 is 0. The van der Waals surface area contributed by atoms with Gasteiger partial charge >= 0.3 is 0 Å². The molecule has 154 valence electrons. The molecular weight excluding hydrogens is 395 g/mol. The lowest BCUT2D eigenvalue weighted by molar-refractivity contribution is 0.0955. The standard InChI is InChI=1S/C24H19FN4O2/c1-16(26-27-23(30)18-10-6-3-7-11-18)21-22(17-8-4-2-5-9-17)28-29(24(21)31)20-14-12-19(25)13-15-20/h2-15,28H,1H3,(H,27,30)/b26-16+. The average molecular weight is 414 g/mol. The van der Waals surface area contributed by atoms with E-state index in [2.05, 4.69) is 15.6 Å². The van der Waals surface area contributed by atoms with Crippen molar-refractivity contribution < 1.29 is 9.18 Å². The van der Waals surface area contributed by atoms with Crippen LogP contribution in [-0.2, 0) is 0 Å². The molecule has 31 heavy (non-hydrogen) atoms. The molecule has 1 heterocycles. The van der Waals surface area contributed by atoms with E-state index in [1.54, 1.807) is 31.2 Å². The first kappa shape index (κ1) is 20.0. The molecule has 0 fully saturated rings. The van der Waals surface area contributed by atoms with Crippen molar-refractivity contribution in [2.24, 2.45) is 5.10 Å². The van der Waals surface area contributed by atoms with E-state index < -0.39 is 5.82 Å². The van der Waals surface area contributed by atoms with Gasteiger partial charge in [0.05, 0.1) is 22.7 Å². The molecule has 0 aliphatic heterocycles. The Kier molecular flexibility index (Phi) is 5.57. The summed E-state index contributed by atoms with van der Waals surface area (Å²) in [5.41, 5.74) is 5.05. The Bertz CT molecular complexity index is 1290. The summed E-state index contributed by atoms with van der Waals surface area (Å²) in [5, 5.41) is 7.25. The number of hydrogen-bond acceptors (Lipinski definition) is 3. The fourth-order valence-electron chi connectivity index (χ4n) is 3.20. The van der Waals surface area contributed by atoms with Gasteiger partial charge in [0, 0.05) is 11.1 Å². The van der Waals surface area contributed by atoms with Crippen molar-refractivity contribution in [3.8, 4) is 16.9 Å². The third-order valence-electron chi connectivity index (χ3n) is 4.76. The minimum absolute atomic E-state index is 0.309. The van der Waals surface area contributed by atoms with Crippen molar-refractivity contribution >= 4 is 11.6 Å². The zero-order valence-corrected chi connectivity index (χ0v) is 16.7. The topological polar surface area (TPSA) is 79.2 Å². The van der Waals surface area contributed by atoms with Gasteiger partial charge in [-0.2, -0.15) is 5.10 Å². The molecule has 3 aromatic carbocycles. The molecule has 7 heteroatoms. The minimum atomic E-state index is -0.395. The number of aromatic amines is 1. The molecular formula is C24H19FN4O2. The molecule has 0 atom stereocenters. The number of hydrogen-bond donors (Lipinski definition) is 2. The fraction of sp³-hybridized carbons (Fsp3) is 0.0417. The number of hydrazone groups is 1. The maximum Gasteiger partial charge on any atom is 0.281 e. The van der Waals surface area contributed by atoms with Gasteiger partial charge in [-0.1, -0.05) is 48.5 Å². The zero-order valence-electron chi connectivity index (χ0n) is 16.7. The van der Waals surface area contributed by atoms with Gasteiger partial charge in [-0.05, 0) is 43.3 Å². The lowest BCUT2D eigenvalue weighted by Crippen LogP contribution is -2.23. The van der Waals surface area contributed by atoms with Gasteiger partial charge in [-0.15, -0.1) is 0 Å². The summed E-state index contributed by atoms with van der Waals surface area (Å²) in [6.45, 7) is 1.65. The van der Waals surface area contributed by atoms with Crippen LogP contribution in [0.15, 0.2) is 94.8 Å². The van der Waals surface area contributed by atoms with Gasteiger partial charge in [0.1, 0.15) is 5.82 Å². The van der Waals surface area contributed by atoms with Crippen molar-refractivity contribution in [2.75, 3.05) is 0 Å². The second kappa shape index (κ2) is 8.62. The second-order valence-corrected chi connectivity index (χ2v) is 6.85. The Morgan fingerprint density at radius 3 is 2.19 bits per heavy atom. The van der Waals surface area contributed by atoms with Crippen LogP contribution in [0.5, 0.6) is 0 Å². The second-order valence-electron chi connectivity index (χ2n) is 6.85. The number of benzene rings is 3. The number of amides is 1. The van der Waals surface area contributed by atoms with Crippen LogP contribution in [0.1, 0.15) is 22.8 Å². The fourth-order valence-corrected chi connectivity index (χ4v) is 3.20. The third kappa shape index (κ3) is 4.20. The maximum atomic E-state index is 13.3. The van der Waals surface area contributed by atoms with Crippen molar-refractivity contribution in [1.29, 1.82) is 0 Å². The van der Waals surface area contributed by atoms with Crippen LogP contribution in [0.25, 0.3) is 16.9 Å². The van der Waals surface area contributed by atoms with Crippen LogP contribution in [0.3, 0.4) is 0 Å². The Morgan fingerprint density at radius 1 is 0.935 bits per heavy atom. The maximum absolute atomic E-state index is 13.3. The Labute approximate surface area is 177 Å². The van der Waals surface area contributed by atoms with E-state index in [9.17, 15) is 14.0 Å². The normalized spacial score (nSPS) is 11.4. The van der Waals surface area contributed by atoms with E-state index in [-0.39, 0.29) is 11.5 Å². The molecule has 6 nitrogen and oxygen atoms in total. The Balaban J connectivity index is 1.77. The number of halogens is 1. The molecule has 0 saturated carbocycles. The summed E-state index contributed by atoms with van der Waals surface area (Å²) in [6, 6.07) is 23.6. The smallest absolute Gasteiger partial charge is 0.281 e. The van der Waals surface area contributed by atoms with Gasteiger partial charge in [-0.25, -0.2) is 14.5 Å². The number of H-pyrrole nitrogens is 1. The van der Waals surface area contributed by atoms with Gasteiger partial charge in [0.2, 0.25) is 0 Å². The van der Waals surface area contributed by atoms with Crippen LogP contribution < -0.4 is 11.0 Å². The number of nitrogens with one attached hydrogen (secondary N) is 2. The molecule has 1 aromatic heterocycles. The molecule has 0 spiro atoms. The number of aromatic nitrogens is 2. The van der Waals surface area contributed by atoms with Crippen LogP contribution in [-0.4, -0.2) is 21.4 Å². The van der Waals surface area contributed by atoms with E-state index >= 15 is 0 Å². The first-order valence-electron chi connectivity index (χ1n) is 9.61. The summed E-state index contributed by atoms with van der Waals surface area (Å²) < 4.78 is 14.7. The molecule has 4 rings (SSSR count). The number of nitrogens with zero attached hydrogens (tertiary/aromatic N) is 2. The van der Waals surface area contributed by atoms with Crippen molar-refractivity contribution in [1.82, 2.24) is 15.2 Å². The number of rotatable bonds is 5. The zero-order chi connectivity index (χ0) is 21.8. The van der Waals surface area contributed by atoms with Gasteiger partial charge in [-0.3, -0.25) is 14.7 Å². The summed E-state index contributed by atoms with van der Waals surface area (Å²) in [5.74, 6) is -0.774. The molecule has 0 aliphatic rings. The predicted octanol–water partition coefficient (Wildman–Crippen LogP) is 4.13. The third-order valence-corrected chi connectivity index (χ3v) is 4.76. The van der Waals surface area contributed by atoms with Crippen LogP contribution in [0.2, 0.25) is 0 Å². The monoisotopic (exact) mass is 414 g/mol. The lowest BCUT2D eigenvalue weighted by atomic mass is 10.1. The summed E-state index contributed by atoms with van der Waals surface area (Å²) in [6.07, 6.45) is 0. The molecule has 2 N–H and O–H groups in total. The Hall–Kier alpha value is -4.26. The van der Waals surface area contributed by atoms with Crippen molar-refractivity contribution in [3.63, 3.8) is 0 Å². The number of carbonyl (C=O) groups is 1. The molecule has 0 radical (unpaired) electrons. The largest absolute Gasteiger partial charge is 0.290 e. The van der Waals surface area contributed by atoms with Gasteiger partial charge in [0.25, 0.3) is 11.5 Å². The highest BCUT2D eigenvalue weighted by molar-refractivity contribution is 6.04. The highest BCUT2D eigenvalue weighted by Crippen LogP contribution is 2.21. The highest BCUT2D eigenvalue weighted by atomic mass is 19.1. The predicted molar refractivity (Wildman–Crippen MR) is 118 cm³/mol. The molecule has 1 amide bonds. The molecule has 0 saturated heterocycles.